The number of likely N-dealkylation sites (tertiary alicyclic amines) is 1. The Kier molecular flexibility index (Phi) is 5.14. The molecular formula is C21H26N6O. The number of carbonyl (C=O) groups excluding carboxylic acids is 1. The first-order valence-electron chi connectivity index (χ1n) is 9.72. The molecule has 3 aromatic heterocycles. The number of imidazole rings is 1. The molecule has 4 heterocycles. The molecule has 1 amide bonds. The summed E-state index contributed by atoms with van der Waals surface area (Å²) in [5.41, 5.74) is 2.53. The van der Waals surface area contributed by atoms with E-state index in [2.05, 4.69) is 21.4 Å². The summed E-state index contributed by atoms with van der Waals surface area (Å²) in [7, 11) is 3.97. The van der Waals surface area contributed by atoms with Crippen LogP contribution in [0.5, 0.6) is 0 Å². The van der Waals surface area contributed by atoms with Crippen LogP contribution in [0.15, 0.2) is 49.1 Å². The first-order valence-corrected chi connectivity index (χ1v) is 9.72. The molecule has 1 aliphatic rings. The first-order chi connectivity index (χ1) is 13.6. The molecular weight excluding hydrogens is 352 g/mol. The van der Waals surface area contributed by atoms with Gasteiger partial charge in [-0.1, -0.05) is 0 Å². The van der Waals surface area contributed by atoms with Crippen molar-refractivity contribution < 1.29 is 4.79 Å². The van der Waals surface area contributed by atoms with Crippen molar-refractivity contribution in [1.29, 1.82) is 0 Å². The lowest BCUT2D eigenvalue weighted by Crippen LogP contribution is -2.32. The van der Waals surface area contributed by atoms with Crippen LogP contribution < -0.4 is 10.2 Å². The lowest BCUT2D eigenvalue weighted by atomic mass is 10.1. The highest BCUT2D eigenvalue weighted by Crippen LogP contribution is 2.19. The van der Waals surface area contributed by atoms with E-state index in [-0.39, 0.29) is 5.91 Å². The molecule has 1 aliphatic heterocycles. The number of amides is 1. The van der Waals surface area contributed by atoms with Crippen molar-refractivity contribution in [1.82, 2.24) is 19.3 Å². The van der Waals surface area contributed by atoms with Gasteiger partial charge in [0.2, 0.25) is 0 Å². The van der Waals surface area contributed by atoms with Gasteiger partial charge in [0.1, 0.15) is 11.5 Å². The van der Waals surface area contributed by atoms with Gasteiger partial charge in [0.15, 0.2) is 0 Å². The number of hydrogen-bond donors (Lipinski definition) is 1. The fourth-order valence-electron chi connectivity index (χ4n) is 3.64. The van der Waals surface area contributed by atoms with Gasteiger partial charge in [0, 0.05) is 57.4 Å². The maximum atomic E-state index is 12.9. The number of hydrogen-bond acceptors (Lipinski definition) is 5. The van der Waals surface area contributed by atoms with Crippen LogP contribution in [-0.2, 0) is 0 Å². The fraction of sp³-hybridized carbons (Fsp3) is 0.381. The Bertz CT molecular complexity index is 949. The normalized spacial score (nSPS) is 17.4. The van der Waals surface area contributed by atoms with E-state index in [0.29, 0.717) is 11.6 Å². The summed E-state index contributed by atoms with van der Waals surface area (Å²) in [6.45, 7) is 1.54. The predicted octanol–water partition coefficient (Wildman–Crippen LogP) is 2.90. The topological polar surface area (TPSA) is 65.8 Å². The van der Waals surface area contributed by atoms with Crippen LogP contribution in [0.1, 0.15) is 29.6 Å². The minimum Gasteiger partial charge on any atom is -0.381 e. The molecule has 1 fully saturated rings. The Balaban J connectivity index is 1.38. The molecule has 0 radical (unpaired) electrons. The zero-order valence-electron chi connectivity index (χ0n) is 16.4. The smallest absolute Gasteiger partial charge is 0.254 e. The van der Waals surface area contributed by atoms with Gasteiger partial charge in [-0.05, 0) is 43.5 Å². The summed E-state index contributed by atoms with van der Waals surface area (Å²) in [5, 5.41) is 3.57. The minimum absolute atomic E-state index is 0.0863. The van der Waals surface area contributed by atoms with Crippen LogP contribution in [0.3, 0.4) is 0 Å². The lowest BCUT2D eigenvalue weighted by Gasteiger charge is -2.21. The Morgan fingerprint density at radius 1 is 1.14 bits per heavy atom. The van der Waals surface area contributed by atoms with Gasteiger partial charge in [-0.3, -0.25) is 4.79 Å². The van der Waals surface area contributed by atoms with Crippen molar-refractivity contribution in [3.05, 3.63) is 54.6 Å². The number of nitrogens with zero attached hydrogens (tertiary/aromatic N) is 5. The predicted molar refractivity (Wildman–Crippen MR) is 111 cm³/mol. The first kappa shape index (κ1) is 18.3. The quantitative estimate of drug-likeness (QED) is 0.756. The summed E-state index contributed by atoms with van der Waals surface area (Å²) >= 11 is 0. The number of rotatable bonds is 4. The molecule has 0 saturated carbocycles. The number of pyridine rings is 2. The van der Waals surface area contributed by atoms with Crippen molar-refractivity contribution in [2.45, 2.75) is 25.3 Å². The molecule has 3 aromatic rings. The zero-order chi connectivity index (χ0) is 19.5. The van der Waals surface area contributed by atoms with Gasteiger partial charge >= 0.3 is 0 Å². The SMILES string of the molecule is CN(C)c1ccc(N[C@H]2CCCN(C(=O)c3ccn4ccnc4c3)CC2)cn1. The Labute approximate surface area is 165 Å². The molecule has 1 atom stereocenters. The number of anilines is 2. The molecule has 7 nitrogen and oxygen atoms in total. The Morgan fingerprint density at radius 2 is 2.04 bits per heavy atom. The summed E-state index contributed by atoms with van der Waals surface area (Å²) in [5.74, 6) is 1.03. The second kappa shape index (κ2) is 7.88. The van der Waals surface area contributed by atoms with E-state index in [4.69, 9.17) is 0 Å². The molecule has 146 valence electrons. The van der Waals surface area contributed by atoms with E-state index in [1.807, 2.05) is 65.1 Å². The van der Waals surface area contributed by atoms with Crippen LogP contribution in [-0.4, -0.2) is 58.4 Å². The third kappa shape index (κ3) is 3.93. The fourth-order valence-corrected chi connectivity index (χ4v) is 3.64. The van der Waals surface area contributed by atoms with Crippen LogP contribution in [0, 0.1) is 0 Å². The molecule has 1 saturated heterocycles. The maximum absolute atomic E-state index is 12.9. The van der Waals surface area contributed by atoms with Crippen molar-refractivity contribution >= 4 is 23.1 Å². The Morgan fingerprint density at radius 3 is 2.82 bits per heavy atom. The van der Waals surface area contributed by atoms with Crippen LogP contribution >= 0.6 is 0 Å². The average molecular weight is 378 g/mol. The summed E-state index contributed by atoms with van der Waals surface area (Å²) in [6, 6.07) is 8.16. The molecule has 28 heavy (non-hydrogen) atoms. The molecule has 4 rings (SSSR count). The van der Waals surface area contributed by atoms with E-state index in [1.54, 1.807) is 6.20 Å². The average Bonchev–Trinajstić information content (AvgIpc) is 3.06. The minimum atomic E-state index is 0.0863. The highest BCUT2D eigenvalue weighted by atomic mass is 16.2. The number of fused-ring (bicyclic) bond motifs is 1. The van der Waals surface area contributed by atoms with E-state index >= 15 is 0 Å². The van der Waals surface area contributed by atoms with Crippen LogP contribution in [0.4, 0.5) is 11.5 Å². The molecule has 1 N–H and O–H groups in total. The summed E-state index contributed by atoms with van der Waals surface area (Å²) in [4.78, 5) is 25.6. The van der Waals surface area contributed by atoms with Gasteiger partial charge in [0.25, 0.3) is 5.91 Å². The second-order valence-electron chi connectivity index (χ2n) is 7.47. The van der Waals surface area contributed by atoms with Crippen molar-refractivity contribution in [2.24, 2.45) is 0 Å². The summed E-state index contributed by atoms with van der Waals surface area (Å²) < 4.78 is 1.91. The Hall–Kier alpha value is -3.09. The van der Waals surface area contributed by atoms with E-state index in [9.17, 15) is 4.79 Å². The molecule has 0 bridgehead atoms. The molecule has 0 spiro atoms. The number of aromatic nitrogens is 3. The zero-order valence-corrected chi connectivity index (χ0v) is 16.4. The molecule has 0 unspecified atom stereocenters. The van der Waals surface area contributed by atoms with Crippen molar-refractivity contribution in [3.63, 3.8) is 0 Å². The van der Waals surface area contributed by atoms with Crippen LogP contribution in [0.2, 0.25) is 0 Å². The van der Waals surface area contributed by atoms with Crippen molar-refractivity contribution in [3.8, 4) is 0 Å². The number of carbonyl (C=O) groups is 1. The van der Waals surface area contributed by atoms with E-state index < -0.39 is 0 Å². The maximum Gasteiger partial charge on any atom is 0.254 e. The van der Waals surface area contributed by atoms with E-state index in [0.717, 1.165) is 49.5 Å². The van der Waals surface area contributed by atoms with E-state index in [1.165, 1.54) is 0 Å². The van der Waals surface area contributed by atoms with Gasteiger partial charge in [-0.15, -0.1) is 0 Å². The second-order valence-corrected chi connectivity index (χ2v) is 7.47. The van der Waals surface area contributed by atoms with Gasteiger partial charge in [0.05, 0.1) is 11.9 Å². The molecule has 0 aliphatic carbocycles. The van der Waals surface area contributed by atoms with Gasteiger partial charge in [-0.2, -0.15) is 0 Å². The third-order valence-electron chi connectivity index (χ3n) is 5.24. The molecule has 0 aromatic carbocycles. The van der Waals surface area contributed by atoms with Crippen molar-refractivity contribution in [2.75, 3.05) is 37.4 Å². The highest BCUT2D eigenvalue weighted by molar-refractivity contribution is 5.95. The monoisotopic (exact) mass is 378 g/mol. The molecule has 7 heteroatoms. The highest BCUT2D eigenvalue weighted by Gasteiger charge is 2.22. The lowest BCUT2D eigenvalue weighted by molar-refractivity contribution is 0.0761. The summed E-state index contributed by atoms with van der Waals surface area (Å²) in [6.07, 6.45) is 10.3. The standard InChI is InChI=1S/C21H26N6O/c1-25(2)19-6-5-18(15-23-19)24-17-4-3-10-27(12-8-17)21(28)16-7-11-26-13-9-22-20(26)14-16/h5-7,9,11,13-15,17,24H,3-4,8,10,12H2,1-2H3/t17-/m0/s1. The third-order valence-corrected chi connectivity index (χ3v) is 5.24. The van der Waals surface area contributed by atoms with Gasteiger partial charge in [-0.25, -0.2) is 9.97 Å². The largest absolute Gasteiger partial charge is 0.381 e. The number of nitrogens with one attached hydrogen (secondary N) is 1. The van der Waals surface area contributed by atoms with Crippen LogP contribution in [0.25, 0.3) is 5.65 Å². The van der Waals surface area contributed by atoms with Gasteiger partial charge < -0.3 is 19.5 Å².